The molecule has 1 amide bonds. The molecule has 0 aromatic heterocycles. The standard InChI is InChI=1S/C23H27ClFN3O3/c1-26(14-17-5-6-21-22(13-17)31-12-11-30-21)16-23(29)28-9-7-27(8-10-28)15-18-19(24)3-2-4-20(18)25/h2-6,13H,7-12,14-16H2,1H3. The first kappa shape index (κ1) is 21.9. The molecular weight excluding hydrogens is 421 g/mol. The number of rotatable bonds is 6. The van der Waals surface area contributed by atoms with Gasteiger partial charge in [0.2, 0.25) is 5.91 Å². The first-order valence-electron chi connectivity index (χ1n) is 10.5. The summed E-state index contributed by atoms with van der Waals surface area (Å²) in [5, 5.41) is 0.444. The smallest absolute Gasteiger partial charge is 0.236 e. The minimum Gasteiger partial charge on any atom is -0.486 e. The summed E-state index contributed by atoms with van der Waals surface area (Å²) in [6, 6.07) is 10.6. The average Bonchev–Trinajstić information content (AvgIpc) is 2.76. The van der Waals surface area contributed by atoms with Gasteiger partial charge in [-0.05, 0) is 36.9 Å². The Balaban J connectivity index is 1.25. The number of halogens is 2. The molecular formula is C23H27ClFN3O3. The highest BCUT2D eigenvalue weighted by Crippen LogP contribution is 2.31. The number of ether oxygens (including phenoxy) is 2. The normalized spacial score (nSPS) is 16.6. The predicted octanol–water partition coefficient (Wildman–Crippen LogP) is 3.03. The highest BCUT2D eigenvalue weighted by Gasteiger charge is 2.23. The van der Waals surface area contributed by atoms with E-state index in [9.17, 15) is 9.18 Å². The zero-order chi connectivity index (χ0) is 21.8. The van der Waals surface area contributed by atoms with Gasteiger partial charge in [0.05, 0.1) is 6.54 Å². The maximum absolute atomic E-state index is 14.0. The van der Waals surface area contributed by atoms with E-state index in [-0.39, 0.29) is 11.7 Å². The van der Waals surface area contributed by atoms with Gasteiger partial charge >= 0.3 is 0 Å². The molecule has 31 heavy (non-hydrogen) atoms. The Morgan fingerprint density at radius 3 is 2.58 bits per heavy atom. The Labute approximate surface area is 187 Å². The van der Waals surface area contributed by atoms with E-state index >= 15 is 0 Å². The average molecular weight is 448 g/mol. The second-order valence-electron chi connectivity index (χ2n) is 8.01. The lowest BCUT2D eigenvalue weighted by Crippen LogP contribution is -2.50. The molecule has 0 bridgehead atoms. The summed E-state index contributed by atoms with van der Waals surface area (Å²) in [7, 11) is 1.94. The maximum atomic E-state index is 14.0. The second-order valence-corrected chi connectivity index (χ2v) is 8.41. The van der Waals surface area contributed by atoms with Crippen molar-refractivity contribution in [3.8, 4) is 11.5 Å². The van der Waals surface area contributed by atoms with Crippen LogP contribution in [0.15, 0.2) is 36.4 Å². The monoisotopic (exact) mass is 447 g/mol. The lowest BCUT2D eigenvalue weighted by atomic mass is 10.1. The molecule has 0 saturated carbocycles. The van der Waals surface area contributed by atoms with Gasteiger partial charge in [-0.3, -0.25) is 14.6 Å². The minimum atomic E-state index is -0.285. The van der Waals surface area contributed by atoms with E-state index in [4.69, 9.17) is 21.1 Å². The summed E-state index contributed by atoms with van der Waals surface area (Å²) in [6.07, 6.45) is 0. The lowest BCUT2D eigenvalue weighted by Gasteiger charge is -2.35. The van der Waals surface area contributed by atoms with E-state index in [1.165, 1.54) is 6.07 Å². The summed E-state index contributed by atoms with van der Waals surface area (Å²) >= 11 is 6.14. The number of benzene rings is 2. The van der Waals surface area contributed by atoms with Gasteiger partial charge in [-0.15, -0.1) is 0 Å². The Morgan fingerprint density at radius 2 is 1.84 bits per heavy atom. The van der Waals surface area contributed by atoms with Crippen LogP contribution in [0.25, 0.3) is 0 Å². The summed E-state index contributed by atoms with van der Waals surface area (Å²) in [4.78, 5) is 18.8. The first-order chi connectivity index (χ1) is 15.0. The number of carbonyl (C=O) groups is 1. The van der Waals surface area contributed by atoms with E-state index in [0.29, 0.717) is 69.6 Å². The Bertz CT molecular complexity index is 914. The number of hydrogen-bond donors (Lipinski definition) is 0. The zero-order valence-electron chi connectivity index (χ0n) is 17.7. The molecule has 0 aliphatic carbocycles. The fraction of sp³-hybridized carbons (Fsp3) is 0.435. The zero-order valence-corrected chi connectivity index (χ0v) is 18.4. The molecule has 1 fully saturated rings. The third-order valence-electron chi connectivity index (χ3n) is 5.63. The maximum Gasteiger partial charge on any atom is 0.236 e. The highest BCUT2D eigenvalue weighted by molar-refractivity contribution is 6.31. The van der Waals surface area contributed by atoms with Crippen LogP contribution in [-0.4, -0.2) is 73.6 Å². The molecule has 2 aliphatic rings. The molecule has 2 heterocycles. The van der Waals surface area contributed by atoms with Crippen molar-refractivity contribution in [2.45, 2.75) is 13.1 Å². The van der Waals surface area contributed by atoms with Gasteiger partial charge in [0.25, 0.3) is 0 Å². The molecule has 1 saturated heterocycles. The molecule has 0 atom stereocenters. The third-order valence-corrected chi connectivity index (χ3v) is 5.99. The van der Waals surface area contributed by atoms with Crippen LogP contribution in [0.2, 0.25) is 5.02 Å². The molecule has 2 aliphatic heterocycles. The molecule has 6 nitrogen and oxygen atoms in total. The Hall–Kier alpha value is -2.35. The van der Waals surface area contributed by atoms with E-state index in [2.05, 4.69) is 4.90 Å². The van der Waals surface area contributed by atoms with Gasteiger partial charge in [0.1, 0.15) is 19.0 Å². The summed E-state index contributed by atoms with van der Waals surface area (Å²) < 4.78 is 25.2. The molecule has 0 unspecified atom stereocenters. The summed E-state index contributed by atoms with van der Waals surface area (Å²) in [5.41, 5.74) is 1.59. The van der Waals surface area contributed by atoms with Gasteiger partial charge in [-0.1, -0.05) is 23.7 Å². The van der Waals surface area contributed by atoms with Crippen LogP contribution in [0.3, 0.4) is 0 Å². The lowest BCUT2D eigenvalue weighted by molar-refractivity contribution is -0.134. The fourth-order valence-electron chi connectivity index (χ4n) is 3.95. The van der Waals surface area contributed by atoms with E-state index < -0.39 is 0 Å². The molecule has 0 spiro atoms. The SMILES string of the molecule is CN(CC(=O)N1CCN(Cc2c(F)cccc2Cl)CC1)Cc1ccc2c(c1)OCCO2. The van der Waals surface area contributed by atoms with Crippen LogP contribution in [0.5, 0.6) is 11.5 Å². The van der Waals surface area contributed by atoms with Crippen LogP contribution < -0.4 is 9.47 Å². The van der Waals surface area contributed by atoms with Crippen molar-refractivity contribution in [1.29, 1.82) is 0 Å². The number of amides is 1. The number of nitrogens with zero attached hydrogens (tertiary/aromatic N) is 3. The van der Waals surface area contributed by atoms with Gasteiger partial charge in [0, 0.05) is 49.9 Å². The van der Waals surface area contributed by atoms with Gasteiger partial charge in [-0.2, -0.15) is 0 Å². The number of fused-ring (bicyclic) bond motifs is 1. The molecule has 166 valence electrons. The quantitative estimate of drug-likeness (QED) is 0.681. The van der Waals surface area contributed by atoms with Gasteiger partial charge < -0.3 is 14.4 Å². The Morgan fingerprint density at radius 1 is 1.10 bits per heavy atom. The van der Waals surface area contributed by atoms with Crippen molar-refractivity contribution in [2.75, 3.05) is 53.0 Å². The molecule has 8 heteroatoms. The van der Waals surface area contributed by atoms with Crippen molar-refractivity contribution in [3.05, 3.63) is 58.4 Å². The minimum absolute atomic E-state index is 0.101. The van der Waals surface area contributed by atoms with Gasteiger partial charge in [-0.25, -0.2) is 4.39 Å². The molecule has 4 rings (SSSR count). The van der Waals surface area contributed by atoms with Crippen molar-refractivity contribution >= 4 is 17.5 Å². The number of carbonyl (C=O) groups excluding carboxylic acids is 1. The van der Waals surface area contributed by atoms with E-state index in [0.717, 1.165) is 17.1 Å². The molecule has 0 N–H and O–H groups in total. The summed E-state index contributed by atoms with van der Waals surface area (Å²) in [6.45, 7) is 5.22. The number of piperazine rings is 1. The van der Waals surface area contributed by atoms with Crippen LogP contribution in [0, 0.1) is 5.82 Å². The van der Waals surface area contributed by atoms with E-state index in [1.54, 1.807) is 12.1 Å². The largest absolute Gasteiger partial charge is 0.486 e. The van der Waals surface area contributed by atoms with Crippen molar-refractivity contribution in [2.24, 2.45) is 0 Å². The highest BCUT2D eigenvalue weighted by atomic mass is 35.5. The van der Waals surface area contributed by atoms with Crippen LogP contribution in [0.4, 0.5) is 4.39 Å². The topological polar surface area (TPSA) is 45.3 Å². The predicted molar refractivity (Wildman–Crippen MR) is 117 cm³/mol. The molecule has 2 aromatic carbocycles. The van der Waals surface area contributed by atoms with Crippen molar-refractivity contribution in [1.82, 2.24) is 14.7 Å². The van der Waals surface area contributed by atoms with E-state index in [1.807, 2.05) is 35.0 Å². The van der Waals surface area contributed by atoms with Crippen LogP contribution in [0.1, 0.15) is 11.1 Å². The number of likely N-dealkylation sites (N-methyl/N-ethyl adjacent to an activating group) is 1. The fourth-order valence-corrected chi connectivity index (χ4v) is 4.17. The van der Waals surface area contributed by atoms with Crippen molar-refractivity contribution in [3.63, 3.8) is 0 Å². The van der Waals surface area contributed by atoms with Crippen molar-refractivity contribution < 1.29 is 18.7 Å². The van der Waals surface area contributed by atoms with Crippen LogP contribution >= 0.6 is 11.6 Å². The second kappa shape index (κ2) is 9.85. The Kier molecular flexibility index (Phi) is 6.95. The first-order valence-corrected chi connectivity index (χ1v) is 10.9. The molecule has 2 aromatic rings. The number of hydrogen-bond acceptors (Lipinski definition) is 5. The summed E-state index contributed by atoms with van der Waals surface area (Å²) in [5.74, 6) is 1.34. The van der Waals surface area contributed by atoms with Crippen LogP contribution in [-0.2, 0) is 17.9 Å². The van der Waals surface area contributed by atoms with Gasteiger partial charge in [0.15, 0.2) is 11.5 Å². The molecule has 0 radical (unpaired) electrons. The third kappa shape index (κ3) is 5.47.